The van der Waals surface area contributed by atoms with Crippen LogP contribution in [0.2, 0.25) is 5.02 Å². The second kappa shape index (κ2) is 11.0. The van der Waals surface area contributed by atoms with E-state index in [1.54, 1.807) is 6.92 Å². The number of imide groups is 1. The van der Waals surface area contributed by atoms with Gasteiger partial charge in [-0.2, -0.15) is 0 Å². The standard InChI is InChI=1S/C22H18ClFN2O7S/c1-2-32-16-8-12(7-15(23)20(16)33-11-19(28)29)9-17-21(30)26(22(31)34-17)10-18(27)25-14-5-3-13(24)4-6-14/h3-9H,2,10-11H2,1H3,(H,25,27)(H,28,29)/b17-9-. The van der Waals surface area contributed by atoms with Crippen molar-refractivity contribution in [1.29, 1.82) is 0 Å². The minimum atomic E-state index is -1.19. The van der Waals surface area contributed by atoms with E-state index in [9.17, 15) is 23.6 Å². The molecule has 3 amide bonds. The van der Waals surface area contributed by atoms with Gasteiger partial charge in [-0.15, -0.1) is 0 Å². The number of ether oxygens (including phenoxy) is 2. The highest BCUT2D eigenvalue weighted by molar-refractivity contribution is 8.18. The highest BCUT2D eigenvalue weighted by atomic mass is 35.5. The number of hydrogen-bond acceptors (Lipinski definition) is 7. The maximum Gasteiger partial charge on any atom is 0.341 e. The van der Waals surface area contributed by atoms with Crippen LogP contribution in [0.4, 0.5) is 14.9 Å². The molecule has 2 N–H and O–H groups in total. The number of aliphatic carboxylic acids is 1. The third-order valence-electron chi connectivity index (χ3n) is 4.27. The molecule has 0 saturated carbocycles. The van der Waals surface area contributed by atoms with Crippen molar-refractivity contribution < 1.29 is 38.1 Å². The van der Waals surface area contributed by atoms with Crippen molar-refractivity contribution in [2.45, 2.75) is 6.92 Å². The molecule has 0 aromatic heterocycles. The Kier molecular flexibility index (Phi) is 8.13. The minimum absolute atomic E-state index is 0.0358. The van der Waals surface area contributed by atoms with Crippen molar-refractivity contribution in [1.82, 2.24) is 4.90 Å². The number of halogens is 2. The molecule has 12 heteroatoms. The number of rotatable bonds is 9. The fourth-order valence-electron chi connectivity index (χ4n) is 2.87. The molecule has 34 heavy (non-hydrogen) atoms. The molecule has 0 aliphatic carbocycles. The van der Waals surface area contributed by atoms with Gasteiger partial charge in [-0.3, -0.25) is 19.3 Å². The Hall–Kier alpha value is -3.57. The number of nitrogens with zero attached hydrogens (tertiary/aromatic N) is 1. The zero-order chi connectivity index (χ0) is 24.8. The third-order valence-corrected chi connectivity index (χ3v) is 5.46. The summed E-state index contributed by atoms with van der Waals surface area (Å²) in [5, 5.41) is 10.7. The number of thioether (sulfide) groups is 1. The van der Waals surface area contributed by atoms with Crippen LogP contribution in [0.3, 0.4) is 0 Å². The fourth-order valence-corrected chi connectivity index (χ4v) is 3.99. The first-order valence-electron chi connectivity index (χ1n) is 9.79. The van der Waals surface area contributed by atoms with Crippen molar-refractivity contribution in [2.24, 2.45) is 0 Å². The van der Waals surface area contributed by atoms with Crippen LogP contribution in [0.25, 0.3) is 6.08 Å². The van der Waals surface area contributed by atoms with Gasteiger partial charge in [-0.25, -0.2) is 9.18 Å². The molecule has 0 unspecified atom stereocenters. The summed E-state index contributed by atoms with van der Waals surface area (Å²) in [6.45, 7) is 0.803. The van der Waals surface area contributed by atoms with Crippen LogP contribution >= 0.6 is 23.4 Å². The van der Waals surface area contributed by atoms with Crippen LogP contribution in [0.1, 0.15) is 12.5 Å². The average Bonchev–Trinajstić information content (AvgIpc) is 3.02. The summed E-state index contributed by atoms with van der Waals surface area (Å²) < 4.78 is 23.6. The number of carboxylic acids is 1. The van der Waals surface area contributed by atoms with E-state index in [0.717, 1.165) is 17.0 Å². The van der Waals surface area contributed by atoms with Gasteiger partial charge in [0.05, 0.1) is 16.5 Å². The van der Waals surface area contributed by atoms with Crippen molar-refractivity contribution in [3.05, 3.63) is 57.7 Å². The molecule has 1 fully saturated rings. The van der Waals surface area contributed by atoms with Crippen molar-refractivity contribution in [3.63, 3.8) is 0 Å². The first kappa shape index (κ1) is 25.1. The van der Waals surface area contributed by atoms with Crippen molar-refractivity contribution >= 4 is 58.1 Å². The lowest BCUT2D eigenvalue weighted by Crippen LogP contribution is -2.36. The lowest BCUT2D eigenvalue weighted by atomic mass is 10.1. The molecular formula is C22H18ClFN2O7S. The summed E-state index contributed by atoms with van der Waals surface area (Å²) >= 11 is 6.86. The molecule has 9 nitrogen and oxygen atoms in total. The summed E-state index contributed by atoms with van der Waals surface area (Å²) in [6, 6.07) is 7.95. The smallest absolute Gasteiger partial charge is 0.341 e. The van der Waals surface area contributed by atoms with Gasteiger partial charge in [0.25, 0.3) is 11.1 Å². The Morgan fingerprint density at radius 3 is 2.56 bits per heavy atom. The summed E-state index contributed by atoms with van der Waals surface area (Å²) in [6.07, 6.45) is 1.40. The largest absolute Gasteiger partial charge is 0.490 e. The van der Waals surface area contributed by atoms with E-state index in [1.165, 1.54) is 30.3 Å². The summed E-state index contributed by atoms with van der Waals surface area (Å²) in [5.74, 6) is -2.77. The highest BCUT2D eigenvalue weighted by Crippen LogP contribution is 2.39. The lowest BCUT2D eigenvalue weighted by Gasteiger charge is -2.13. The van der Waals surface area contributed by atoms with Gasteiger partial charge < -0.3 is 19.9 Å². The van der Waals surface area contributed by atoms with E-state index in [0.29, 0.717) is 23.0 Å². The molecule has 0 radical (unpaired) electrons. The van der Waals surface area contributed by atoms with Crippen LogP contribution < -0.4 is 14.8 Å². The molecule has 3 rings (SSSR count). The normalized spacial score (nSPS) is 14.4. The number of anilines is 1. The minimum Gasteiger partial charge on any atom is -0.490 e. The Morgan fingerprint density at radius 1 is 1.21 bits per heavy atom. The Morgan fingerprint density at radius 2 is 1.91 bits per heavy atom. The van der Waals surface area contributed by atoms with Gasteiger partial charge in [0.15, 0.2) is 18.1 Å². The SMILES string of the molecule is CCOc1cc(/C=C2\SC(=O)N(CC(=O)Nc3ccc(F)cc3)C2=O)cc(Cl)c1OCC(=O)O. The Bertz CT molecular complexity index is 1170. The van der Waals surface area contributed by atoms with Crippen molar-refractivity contribution in [3.8, 4) is 11.5 Å². The van der Waals surface area contributed by atoms with Gasteiger partial charge in [-0.05, 0) is 66.7 Å². The van der Waals surface area contributed by atoms with Gasteiger partial charge in [-0.1, -0.05) is 11.6 Å². The number of carbonyl (C=O) groups is 4. The highest BCUT2D eigenvalue weighted by Gasteiger charge is 2.36. The maximum absolute atomic E-state index is 13.0. The van der Waals surface area contributed by atoms with Crippen LogP contribution in [-0.4, -0.2) is 52.8 Å². The first-order valence-corrected chi connectivity index (χ1v) is 11.0. The quantitative estimate of drug-likeness (QED) is 0.487. The predicted octanol–water partition coefficient (Wildman–Crippen LogP) is 4.02. The molecule has 2 aromatic rings. The van der Waals surface area contributed by atoms with E-state index in [-0.39, 0.29) is 28.0 Å². The number of amides is 3. The molecule has 1 heterocycles. The summed E-state index contributed by atoms with van der Waals surface area (Å²) in [4.78, 5) is 48.9. The zero-order valence-corrected chi connectivity index (χ0v) is 19.2. The summed E-state index contributed by atoms with van der Waals surface area (Å²) in [5.41, 5.74) is 0.717. The molecule has 0 bridgehead atoms. The number of benzene rings is 2. The fraction of sp³-hybridized carbons (Fsp3) is 0.182. The van der Waals surface area contributed by atoms with Gasteiger partial charge >= 0.3 is 5.97 Å². The molecule has 0 atom stereocenters. The lowest BCUT2D eigenvalue weighted by molar-refractivity contribution is -0.139. The monoisotopic (exact) mass is 508 g/mol. The van der Waals surface area contributed by atoms with Crippen molar-refractivity contribution in [2.75, 3.05) is 25.1 Å². The van der Waals surface area contributed by atoms with Crippen LogP contribution in [-0.2, 0) is 14.4 Å². The molecule has 1 saturated heterocycles. The van der Waals surface area contributed by atoms with Crippen LogP contribution in [0.5, 0.6) is 11.5 Å². The molecule has 0 spiro atoms. The number of carbonyl (C=O) groups excluding carboxylic acids is 3. The zero-order valence-electron chi connectivity index (χ0n) is 17.7. The second-order valence-corrected chi connectivity index (χ2v) is 8.17. The third kappa shape index (κ3) is 6.27. The first-order chi connectivity index (χ1) is 16.2. The van der Waals surface area contributed by atoms with Crippen LogP contribution in [0, 0.1) is 5.82 Å². The van der Waals surface area contributed by atoms with E-state index in [2.05, 4.69) is 5.32 Å². The molecule has 178 valence electrons. The van der Waals surface area contributed by atoms with Crippen LogP contribution in [0.15, 0.2) is 41.3 Å². The number of hydrogen-bond donors (Lipinski definition) is 2. The van der Waals surface area contributed by atoms with Gasteiger partial charge in [0.1, 0.15) is 12.4 Å². The number of carboxylic acid groups (broad SMARTS) is 1. The Balaban J connectivity index is 1.76. The topological polar surface area (TPSA) is 122 Å². The van der Waals surface area contributed by atoms with Gasteiger partial charge in [0.2, 0.25) is 5.91 Å². The van der Waals surface area contributed by atoms with E-state index in [1.807, 2.05) is 0 Å². The predicted molar refractivity (Wildman–Crippen MR) is 123 cm³/mol. The van der Waals surface area contributed by atoms with Gasteiger partial charge in [0, 0.05) is 5.69 Å². The van der Waals surface area contributed by atoms with E-state index in [4.69, 9.17) is 26.2 Å². The van der Waals surface area contributed by atoms with E-state index >= 15 is 0 Å². The average molecular weight is 509 g/mol. The second-order valence-electron chi connectivity index (χ2n) is 6.77. The van der Waals surface area contributed by atoms with E-state index < -0.39 is 42.0 Å². The number of nitrogens with one attached hydrogen (secondary N) is 1. The maximum atomic E-state index is 13.0. The molecular weight excluding hydrogens is 491 g/mol. The molecule has 1 aliphatic heterocycles. The Labute approximate surface area is 202 Å². The molecule has 2 aromatic carbocycles. The molecule has 1 aliphatic rings. The summed E-state index contributed by atoms with van der Waals surface area (Å²) in [7, 11) is 0.